The number of hydrogen-bond acceptors (Lipinski definition) is 7. The number of hydrogen-bond donors (Lipinski definition) is 2. The van der Waals surface area contributed by atoms with E-state index < -0.39 is 8.32 Å². The molecule has 1 aliphatic heterocycles. The maximum atomic E-state index is 13.6. The van der Waals surface area contributed by atoms with E-state index in [9.17, 15) is 4.39 Å². The SMILES string of the molecule is Cc1nc(N)nc2c1C(NOCCCCO[Si](C)(C)C(C)(C)C)=N[C@@H](c1ccc(F)cc1Br)C2. The number of unbranched alkanes of at least 4 members (excludes halogenated alkanes) is 1. The van der Waals surface area contributed by atoms with Gasteiger partial charge in [0.25, 0.3) is 0 Å². The number of benzene rings is 1. The number of nitrogens with two attached hydrogens (primary N) is 1. The summed E-state index contributed by atoms with van der Waals surface area (Å²) in [4.78, 5) is 19.4. The van der Waals surface area contributed by atoms with Gasteiger partial charge >= 0.3 is 0 Å². The van der Waals surface area contributed by atoms with Crippen molar-refractivity contribution in [3.05, 3.63) is 51.0 Å². The lowest BCUT2D eigenvalue weighted by Crippen LogP contribution is -2.41. The summed E-state index contributed by atoms with van der Waals surface area (Å²) in [6, 6.07) is 4.34. The molecule has 0 spiro atoms. The third kappa shape index (κ3) is 6.41. The number of fused-ring (bicyclic) bond motifs is 1. The Labute approximate surface area is 211 Å². The minimum absolute atomic E-state index is 0.205. The first kappa shape index (κ1) is 26.7. The second-order valence-electron chi connectivity index (χ2n) is 10.1. The van der Waals surface area contributed by atoms with Crippen LogP contribution in [-0.2, 0) is 15.7 Å². The summed E-state index contributed by atoms with van der Waals surface area (Å²) in [5, 5.41) is 0.205. The predicted octanol–water partition coefficient (Wildman–Crippen LogP) is 5.64. The number of amidine groups is 1. The molecular formula is C24H35BrFN5O2Si. The van der Waals surface area contributed by atoms with Gasteiger partial charge in [0.1, 0.15) is 5.82 Å². The van der Waals surface area contributed by atoms with Crippen LogP contribution in [0.2, 0.25) is 18.1 Å². The highest BCUT2D eigenvalue weighted by Crippen LogP contribution is 2.37. The molecule has 2 heterocycles. The van der Waals surface area contributed by atoms with Crippen LogP contribution in [0.5, 0.6) is 0 Å². The summed E-state index contributed by atoms with van der Waals surface area (Å²) < 4.78 is 20.5. The summed E-state index contributed by atoms with van der Waals surface area (Å²) in [6.07, 6.45) is 2.30. The van der Waals surface area contributed by atoms with Crippen LogP contribution in [0.25, 0.3) is 0 Å². The van der Waals surface area contributed by atoms with Crippen molar-refractivity contribution in [1.29, 1.82) is 0 Å². The fraction of sp³-hybridized carbons (Fsp3) is 0.542. The van der Waals surface area contributed by atoms with Crippen LogP contribution in [0.1, 0.15) is 62.2 Å². The Morgan fingerprint density at radius 1 is 1.21 bits per heavy atom. The van der Waals surface area contributed by atoms with Crippen LogP contribution >= 0.6 is 15.9 Å². The zero-order chi connectivity index (χ0) is 25.1. The van der Waals surface area contributed by atoms with Crippen LogP contribution in [0.15, 0.2) is 27.7 Å². The van der Waals surface area contributed by atoms with Crippen molar-refractivity contribution in [1.82, 2.24) is 15.4 Å². The molecule has 10 heteroatoms. The van der Waals surface area contributed by atoms with Crippen LogP contribution in [0.4, 0.5) is 10.3 Å². The van der Waals surface area contributed by atoms with E-state index >= 15 is 0 Å². The van der Waals surface area contributed by atoms with E-state index in [1.54, 1.807) is 6.07 Å². The zero-order valence-corrected chi connectivity index (χ0v) is 23.4. The largest absolute Gasteiger partial charge is 0.417 e. The van der Waals surface area contributed by atoms with Crippen molar-refractivity contribution >= 4 is 36.0 Å². The van der Waals surface area contributed by atoms with Gasteiger partial charge in [-0.3, -0.25) is 9.83 Å². The number of aliphatic imine (C=N–C) groups is 1. The molecule has 0 radical (unpaired) electrons. The molecule has 0 amide bonds. The number of halogens is 2. The van der Waals surface area contributed by atoms with Gasteiger partial charge < -0.3 is 10.2 Å². The highest BCUT2D eigenvalue weighted by molar-refractivity contribution is 9.10. The maximum absolute atomic E-state index is 13.6. The van der Waals surface area contributed by atoms with Gasteiger partial charge in [-0.1, -0.05) is 42.8 Å². The average molecular weight is 553 g/mol. The quantitative estimate of drug-likeness (QED) is 0.250. The predicted molar refractivity (Wildman–Crippen MR) is 140 cm³/mol. The number of anilines is 1. The van der Waals surface area contributed by atoms with Crippen molar-refractivity contribution in [3.63, 3.8) is 0 Å². The van der Waals surface area contributed by atoms with Crippen LogP contribution in [-0.4, -0.2) is 37.3 Å². The van der Waals surface area contributed by atoms with E-state index in [4.69, 9.17) is 20.0 Å². The van der Waals surface area contributed by atoms with Gasteiger partial charge in [0, 0.05) is 17.5 Å². The third-order valence-electron chi connectivity index (χ3n) is 6.49. The van der Waals surface area contributed by atoms with Crippen molar-refractivity contribution in [3.8, 4) is 0 Å². The van der Waals surface area contributed by atoms with Gasteiger partial charge in [-0.2, -0.15) is 0 Å². The number of nitrogen functional groups attached to an aromatic ring is 1. The average Bonchev–Trinajstić information content (AvgIpc) is 2.71. The number of nitrogens with one attached hydrogen (secondary N) is 1. The van der Waals surface area contributed by atoms with Crippen molar-refractivity contribution in [2.45, 2.75) is 71.1 Å². The molecule has 0 bridgehead atoms. The monoisotopic (exact) mass is 551 g/mol. The van der Waals surface area contributed by atoms with Gasteiger partial charge in [0.2, 0.25) is 5.95 Å². The highest BCUT2D eigenvalue weighted by atomic mass is 79.9. The van der Waals surface area contributed by atoms with Crippen molar-refractivity contribution < 1.29 is 13.7 Å². The first-order valence-corrected chi connectivity index (χ1v) is 15.3. The second kappa shape index (κ2) is 10.8. The summed E-state index contributed by atoms with van der Waals surface area (Å²) in [6.45, 7) is 14.4. The summed E-state index contributed by atoms with van der Waals surface area (Å²) in [7, 11) is -1.73. The lowest BCUT2D eigenvalue weighted by atomic mass is 9.95. The minimum Gasteiger partial charge on any atom is -0.417 e. The van der Waals surface area contributed by atoms with Crippen LogP contribution in [0, 0.1) is 12.7 Å². The van der Waals surface area contributed by atoms with Crippen LogP contribution in [0.3, 0.4) is 0 Å². The van der Waals surface area contributed by atoms with E-state index in [2.05, 4.69) is 65.2 Å². The molecule has 3 N–H and O–H groups in total. The number of nitrogens with zero attached hydrogens (tertiary/aromatic N) is 3. The number of aryl methyl sites for hydroxylation is 1. The minimum atomic E-state index is -1.73. The number of aromatic nitrogens is 2. The lowest BCUT2D eigenvalue weighted by Gasteiger charge is -2.36. The Kier molecular flexibility index (Phi) is 8.49. The summed E-state index contributed by atoms with van der Waals surface area (Å²) in [5.74, 6) is 0.465. The summed E-state index contributed by atoms with van der Waals surface area (Å²) >= 11 is 3.46. The molecule has 0 saturated heterocycles. The molecule has 2 aromatic rings. The lowest BCUT2D eigenvalue weighted by molar-refractivity contribution is 0.0788. The topological polar surface area (TPSA) is 94.7 Å². The normalized spacial score (nSPS) is 16.2. The molecule has 1 atom stereocenters. The highest BCUT2D eigenvalue weighted by Gasteiger charge is 2.36. The van der Waals surface area contributed by atoms with Crippen LogP contribution < -0.4 is 11.2 Å². The molecular weight excluding hydrogens is 517 g/mol. The molecule has 3 rings (SSSR count). The Hall–Kier alpha value is -1.88. The fourth-order valence-electron chi connectivity index (χ4n) is 3.53. The third-order valence-corrected chi connectivity index (χ3v) is 11.7. The first-order valence-electron chi connectivity index (χ1n) is 11.6. The smallest absolute Gasteiger partial charge is 0.220 e. The molecule has 7 nitrogen and oxygen atoms in total. The van der Waals surface area contributed by atoms with Gasteiger partial charge in [-0.25, -0.2) is 19.8 Å². The van der Waals surface area contributed by atoms with E-state index in [-0.39, 0.29) is 22.8 Å². The molecule has 0 aliphatic carbocycles. The standard InChI is InChI=1S/C24H35BrFN5O2Si/c1-15-21-20(30-23(27)28-15)14-19(17-10-9-16(26)13-18(17)25)29-22(21)31-32-11-7-8-12-33-34(5,6)24(2,3)4/h9-10,13,19H,7-8,11-12,14H2,1-6H3,(H,29,31)(H2,27,28,30)/t19-/m1/s1. The van der Waals surface area contributed by atoms with E-state index in [0.29, 0.717) is 23.3 Å². The molecule has 1 aromatic carbocycles. The first-order chi connectivity index (χ1) is 15.9. The van der Waals surface area contributed by atoms with Crippen molar-refractivity contribution in [2.75, 3.05) is 18.9 Å². The molecule has 1 aliphatic rings. The molecule has 0 fully saturated rings. The molecule has 0 unspecified atom stereocenters. The van der Waals surface area contributed by atoms with Gasteiger partial charge in [0.15, 0.2) is 14.2 Å². The zero-order valence-electron chi connectivity index (χ0n) is 20.8. The molecule has 1 aromatic heterocycles. The summed E-state index contributed by atoms with van der Waals surface area (Å²) in [5.41, 5.74) is 12.1. The van der Waals surface area contributed by atoms with E-state index in [1.165, 1.54) is 12.1 Å². The molecule has 0 saturated carbocycles. The van der Waals surface area contributed by atoms with Crippen molar-refractivity contribution in [2.24, 2.45) is 4.99 Å². The Bertz CT molecular complexity index is 1060. The number of rotatable bonds is 8. The van der Waals surface area contributed by atoms with E-state index in [1.807, 2.05) is 6.92 Å². The number of hydroxylamine groups is 1. The fourth-order valence-corrected chi connectivity index (χ4v) is 5.23. The Morgan fingerprint density at radius 3 is 2.59 bits per heavy atom. The Morgan fingerprint density at radius 2 is 1.91 bits per heavy atom. The van der Waals surface area contributed by atoms with Gasteiger partial charge in [-0.05, 0) is 55.6 Å². The van der Waals surface area contributed by atoms with Gasteiger partial charge in [0.05, 0.1) is 29.6 Å². The van der Waals surface area contributed by atoms with E-state index in [0.717, 1.165) is 42.0 Å². The molecule has 186 valence electrons. The second-order valence-corrected chi connectivity index (χ2v) is 15.8. The maximum Gasteiger partial charge on any atom is 0.220 e. The molecule has 34 heavy (non-hydrogen) atoms. The Balaban J connectivity index is 1.65. The van der Waals surface area contributed by atoms with Gasteiger partial charge in [-0.15, -0.1) is 0 Å².